The lowest BCUT2D eigenvalue weighted by atomic mass is 9.72. The van der Waals surface area contributed by atoms with Gasteiger partial charge in [0.2, 0.25) is 17.7 Å². The minimum atomic E-state index is -3.89. The smallest absolute Gasteiger partial charge is 0.258 e. The monoisotopic (exact) mass is 714 g/mol. The summed E-state index contributed by atoms with van der Waals surface area (Å²) >= 11 is 0. The second-order valence-corrected chi connectivity index (χ2v) is 17.9. The molecule has 0 unspecified atom stereocenters. The number of β-amino-alcohol motifs (C(OH)–C–C–N with tert-alkyl or cyclic N) is 1. The summed E-state index contributed by atoms with van der Waals surface area (Å²) < 4.78 is 29.6. The van der Waals surface area contributed by atoms with E-state index in [1.807, 2.05) is 56.0 Å². The molecule has 2 fully saturated rings. The van der Waals surface area contributed by atoms with Crippen molar-refractivity contribution in [3.05, 3.63) is 54.2 Å². The van der Waals surface area contributed by atoms with Gasteiger partial charge < -0.3 is 25.8 Å². The molecule has 3 amide bonds. The van der Waals surface area contributed by atoms with Crippen LogP contribution in [0.5, 0.6) is 5.88 Å². The summed E-state index contributed by atoms with van der Waals surface area (Å²) in [6.45, 7) is 8.79. The van der Waals surface area contributed by atoms with Crippen LogP contribution in [0.4, 0.5) is 0 Å². The predicted molar refractivity (Wildman–Crippen MR) is 190 cm³/mol. The van der Waals surface area contributed by atoms with E-state index in [9.17, 15) is 27.9 Å². The molecular formula is C36H54N6O7S. The fourth-order valence-corrected chi connectivity index (χ4v) is 7.48. The van der Waals surface area contributed by atoms with Crippen molar-refractivity contribution in [1.29, 1.82) is 0 Å². The molecule has 0 spiro atoms. The van der Waals surface area contributed by atoms with Gasteiger partial charge in [0.1, 0.15) is 6.04 Å². The number of likely N-dealkylation sites (tertiary alicyclic amines) is 1. The summed E-state index contributed by atoms with van der Waals surface area (Å²) in [4.78, 5) is 42.8. The molecule has 0 bridgehead atoms. The number of aliphatic hydroxyl groups is 1. The number of ether oxygens (including phenoxy) is 1. The van der Waals surface area contributed by atoms with E-state index in [4.69, 9.17) is 4.74 Å². The standard InChI is InChI=1S/C36H54N6O7S/c1-35(2,3)40-33(45)28-20-25-15-10-11-16-26(25)21-42(28)22-29(43)27(19-24-13-8-7-9-14-24)38-34(46)32(36(4,5)50(6,47)48)39-30(44)23-49-31-17-12-18-37-41-31/h7-9,12-14,17-18,25-29,32,43H,10-11,15-16,19-23H2,1-6H3,(H,38,46)(H,39,44)(H,40,45)/t25-,26+,27-,28-,29+,32+/m0/s1. The first-order valence-electron chi connectivity index (χ1n) is 17.4. The first-order valence-corrected chi connectivity index (χ1v) is 19.3. The van der Waals surface area contributed by atoms with Crippen molar-refractivity contribution >= 4 is 27.6 Å². The van der Waals surface area contributed by atoms with Crippen LogP contribution in [0.25, 0.3) is 0 Å². The van der Waals surface area contributed by atoms with E-state index >= 15 is 0 Å². The largest absolute Gasteiger partial charge is 0.466 e. The van der Waals surface area contributed by atoms with Crippen LogP contribution in [-0.4, -0.2) is 107 Å². The van der Waals surface area contributed by atoms with Crippen LogP contribution in [0.2, 0.25) is 0 Å². The summed E-state index contributed by atoms with van der Waals surface area (Å²) in [5.41, 5.74) is 0.408. The summed E-state index contributed by atoms with van der Waals surface area (Å²) in [5.74, 6) is -0.663. The number of piperidine rings is 1. The minimum absolute atomic E-state index is 0.0845. The molecule has 1 aliphatic heterocycles. The molecule has 50 heavy (non-hydrogen) atoms. The molecule has 14 heteroatoms. The highest BCUT2D eigenvalue weighted by Crippen LogP contribution is 2.39. The number of fused-ring (bicyclic) bond motifs is 1. The van der Waals surface area contributed by atoms with Crippen LogP contribution in [-0.2, 0) is 30.6 Å². The highest BCUT2D eigenvalue weighted by molar-refractivity contribution is 7.92. The number of nitrogens with one attached hydrogen (secondary N) is 3. The molecule has 4 rings (SSSR count). The van der Waals surface area contributed by atoms with Crippen molar-refractivity contribution in [2.45, 2.75) is 108 Å². The van der Waals surface area contributed by atoms with Crippen LogP contribution in [0.1, 0.15) is 72.3 Å². The predicted octanol–water partition coefficient (Wildman–Crippen LogP) is 2.05. The molecule has 6 atom stereocenters. The van der Waals surface area contributed by atoms with Crippen LogP contribution < -0.4 is 20.7 Å². The van der Waals surface area contributed by atoms with Gasteiger partial charge in [0.15, 0.2) is 16.4 Å². The highest BCUT2D eigenvalue weighted by atomic mass is 32.2. The van der Waals surface area contributed by atoms with E-state index in [0.29, 0.717) is 24.8 Å². The van der Waals surface area contributed by atoms with Crippen LogP contribution in [0, 0.1) is 11.8 Å². The Hall–Kier alpha value is -3.62. The van der Waals surface area contributed by atoms with Gasteiger partial charge in [-0.2, -0.15) is 5.10 Å². The third kappa shape index (κ3) is 10.7. The summed E-state index contributed by atoms with van der Waals surface area (Å²) in [7, 11) is -3.89. The molecule has 4 N–H and O–H groups in total. The lowest BCUT2D eigenvalue weighted by Gasteiger charge is -2.47. The molecule has 276 valence electrons. The first kappa shape index (κ1) is 39.2. The Bertz CT molecular complexity index is 1550. The van der Waals surface area contributed by atoms with E-state index < -0.39 is 62.8 Å². The fourth-order valence-electron chi connectivity index (χ4n) is 6.89. The molecular weight excluding hydrogens is 660 g/mol. The van der Waals surface area contributed by atoms with E-state index in [1.165, 1.54) is 26.1 Å². The topological polar surface area (TPSA) is 180 Å². The molecule has 0 radical (unpaired) electrons. The lowest BCUT2D eigenvalue weighted by molar-refractivity contribution is -0.133. The number of hydrogen-bond donors (Lipinski definition) is 4. The Kier molecular flexibility index (Phi) is 13.0. The van der Waals surface area contributed by atoms with E-state index in [0.717, 1.165) is 37.5 Å². The van der Waals surface area contributed by atoms with Crippen molar-refractivity contribution < 1.29 is 32.6 Å². The Morgan fingerprint density at radius 1 is 1.00 bits per heavy atom. The van der Waals surface area contributed by atoms with Gasteiger partial charge in [-0.3, -0.25) is 19.3 Å². The SMILES string of the molecule is CC(C)(C)NC(=O)[C@@H]1C[C@@H]2CCCC[C@@H]2CN1C[C@@H](O)[C@H](Cc1ccccc1)NC(=O)[C@@H](NC(=O)COc1cccnn1)C(C)(C)S(C)(=O)=O. The Balaban J connectivity index is 1.58. The maximum absolute atomic E-state index is 14.1. The van der Waals surface area contributed by atoms with Gasteiger partial charge in [-0.1, -0.05) is 49.6 Å². The van der Waals surface area contributed by atoms with Gasteiger partial charge in [-0.15, -0.1) is 5.10 Å². The van der Waals surface area contributed by atoms with Gasteiger partial charge in [0.25, 0.3) is 5.91 Å². The lowest BCUT2D eigenvalue weighted by Crippen LogP contribution is -2.64. The number of benzene rings is 1. The summed E-state index contributed by atoms with van der Waals surface area (Å²) in [5, 5.41) is 27.9. The number of sulfone groups is 1. The number of carbonyl (C=O) groups excluding carboxylic acids is 3. The third-order valence-electron chi connectivity index (χ3n) is 9.93. The number of carbonyl (C=O) groups is 3. The maximum Gasteiger partial charge on any atom is 0.258 e. The molecule has 1 aromatic carbocycles. The normalized spacial score (nSPS) is 21.9. The quantitative estimate of drug-likeness (QED) is 0.226. The van der Waals surface area contributed by atoms with Gasteiger partial charge in [0.05, 0.1) is 22.9 Å². The fraction of sp³-hybridized carbons (Fsp3) is 0.639. The second kappa shape index (κ2) is 16.6. The van der Waals surface area contributed by atoms with Crippen molar-refractivity contribution in [2.24, 2.45) is 11.8 Å². The van der Waals surface area contributed by atoms with E-state index in [-0.39, 0.29) is 24.8 Å². The summed E-state index contributed by atoms with van der Waals surface area (Å²) in [6.07, 6.45) is 6.67. The molecule has 2 aliphatic rings. The molecule has 1 saturated heterocycles. The molecule has 1 aliphatic carbocycles. The molecule has 2 heterocycles. The van der Waals surface area contributed by atoms with Crippen LogP contribution in [0.3, 0.4) is 0 Å². The van der Waals surface area contributed by atoms with Crippen LogP contribution in [0.15, 0.2) is 48.7 Å². The Morgan fingerprint density at radius 2 is 1.68 bits per heavy atom. The zero-order valence-corrected chi connectivity index (χ0v) is 30.9. The van der Waals surface area contributed by atoms with Crippen molar-refractivity contribution in [1.82, 2.24) is 31.0 Å². The van der Waals surface area contributed by atoms with Crippen molar-refractivity contribution in [3.8, 4) is 5.88 Å². The van der Waals surface area contributed by atoms with Gasteiger partial charge >= 0.3 is 0 Å². The maximum atomic E-state index is 14.1. The number of amides is 3. The van der Waals surface area contributed by atoms with Gasteiger partial charge in [-0.25, -0.2) is 8.42 Å². The number of rotatable bonds is 14. The average Bonchev–Trinajstić information content (AvgIpc) is 3.05. The van der Waals surface area contributed by atoms with E-state index in [2.05, 4.69) is 26.1 Å². The Labute approximate surface area is 296 Å². The van der Waals surface area contributed by atoms with Crippen LogP contribution >= 0.6 is 0 Å². The number of aromatic nitrogens is 2. The number of nitrogens with zero attached hydrogens (tertiary/aromatic N) is 3. The van der Waals surface area contributed by atoms with Crippen molar-refractivity contribution in [2.75, 3.05) is 26.0 Å². The third-order valence-corrected chi connectivity index (χ3v) is 12.1. The summed E-state index contributed by atoms with van der Waals surface area (Å²) in [6, 6.07) is 9.56. The van der Waals surface area contributed by atoms with Crippen molar-refractivity contribution in [3.63, 3.8) is 0 Å². The average molecular weight is 715 g/mol. The van der Waals surface area contributed by atoms with Gasteiger partial charge in [0, 0.05) is 37.1 Å². The molecule has 1 saturated carbocycles. The highest BCUT2D eigenvalue weighted by Gasteiger charge is 2.46. The second-order valence-electron chi connectivity index (χ2n) is 15.3. The zero-order chi connectivity index (χ0) is 36.7. The number of hydrogen-bond acceptors (Lipinski definition) is 10. The molecule has 13 nitrogen and oxygen atoms in total. The zero-order valence-electron chi connectivity index (χ0n) is 30.1. The first-order chi connectivity index (χ1) is 23.4. The minimum Gasteiger partial charge on any atom is -0.466 e. The molecule has 2 aromatic rings. The van der Waals surface area contributed by atoms with Gasteiger partial charge in [-0.05, 0) is 77.3 Å². The Morgan fingerprint density at radius 3 is 2.30 bits per heavy atom. The van der Waals surface area contributed by atoms with E-state index in [1.54, 1.807) is 6.07 Å². The molecule has 1 aromatic heterocycles. The number of aliphatic hydroxyl groups excluding tert-OH is 1.